The fourth-order valence-electron chi connectivity index (χ4n) is 4.04. The molecule has 0 spiro atoms. The number of hydrogen-bond donors (Lipinski definition) is 1. The quantitative estimate of drug-likeness (QED) is 0.544. The maximum Gasteiger partial charge on any atom is 0.324 e. The summed E-state index contributed by atoms with van der Waals surface area (Å²) in [6, 6.07) is 19.7. The first-order chi connectivity index (χ1) is 15.4. The van der Waals surface area contributed by atoms with E-state index in [0.29, 0.717) is 6.42 Å². The van der Waals surface area contributed by atoms with Crippen LogP contribution in [-0.2, 0) is 24.3 Å². The summed E-state index contributed by atoms with van der Waals surface area (Å²) in [5.41, 5.74) is 1.96. The first kappa shape index (κ1) is 22.5. The lowest BCUT2D eigenvalue weighted by Gasteiger charge is -2.22. The molecule has 0 aromatic heterocycles. The van der Waals surface area contributed by atoms with Crippen molar-refractivity contribution in [3.63, 3.8) is 0 Å². The molecule has 1 aliphatic heterocycles. The Kier molecular flexibility index (Phi) is 6.60. The minimum Gasteiger partial charge on any atom is -0.465 e. The SMILES string of the molecule is CCOC(=O)[C@H](NS(=O)(=O)c1ccc(C)cc1)[C@@H]1CO[C@@H](c2ccc3ccccc3c2)C1. The number of rotatable bonds is 7. The maximum absolute atomic E-state index is 13.0. The zero-order valence-electron chi connectivity index (χ0n) is 18.2. The van der Waals surface area contributed by atoms with Crippen molar-refractivity contribution in [3.05, 3.63) is 77.9 Å². The van der Waals surface area contributed by atoms with Crippen LogP contribution in [0.1, 0.15) is 30.6 Å². The van der Waals surface area contributed by atoms with E-state index in [9.17, 15) is 13.2 Å². The standard InChI is InChI=1S/C25H27NO5S/c1-3-30-25(27)24(26-32(28,29)22-12-8-17(2)9-13-22)21-15-23(31-16-21)20-11-10-18-6-4-5-7-19(18)14-20/h4-14,21,23-24,26H,3,15-16H2,1-2H3/t21-,23+,24+/m0/s1. The van der Waals surface area contributed by atoms with E-state index in [0.717, 1.165) is 21.9 Å². The second-order valence-corrected chi connectivity index (χ2v) is 9.80. The van der Waals surface area contributed by atoms with Crippen molar-refractivity contribution in [1.82, 2.24) is 4.72 Å². The van der Waals surface area contributed by atoms with Crippen LogP contribution in [0.15, 0.2) is 71.6 Å². The highest BCUT2D eigenvalue weighted by atomic mass is 32.2. The normalized spacial score (nSPS) is 19.7. The summed E-state index contributed by atoms with van der Waals surface area (Å²) in [6.45, 7) is 4.02. The number of nitrogens with one attached hydrogen (secondary N) is 1. The molecule has 32 heavy (non-hydrogen) atoms. The molecule has 0 amide bonds. The Labute approximate surface area is 188 Å². The van der Waals surface area contributed by atoms with Crippen LogP contribution in [0, 0.1) is 12.8 Å². The molecule has 1 fully saturated rings. The zero-order chi connectivity index (χ0) is 22.7. The van der Waals surface area contributed by atoms with Crippen molar-refractivity contribution in [3.8, 4) is 0 Å². The van der Waals surface area contributed by atoms with E-state index in [-0.39, 0.29) is 30.1 Å². The summed E-state index contributed by atoms with van der Waals surface area (Å²) in [5.74, 6) is -0.929. The highest BCUT2D eigenvalue weighted by molar-refractivity contribution is 7.89. The van der Waals surface area contributed by atoms with Crippen molar-refractivity contribution >= 4 is 26.8 Å². The van der Waals surface area contributed by atoms with Gasteiger partial charge in [0.05, 0.1) is 24.2 Å². The van der Waals surface area contributed by atoms with Gasteiger partial charge in [-0.05, 0) is 54.8 Å². The summed E-state index contributed by atoms with van der Waals surface area (Å²) in [6.07, 6.45) is 0.295. The van der Waals surface area contributed by atoms with Crippen LogP contribution in [0.2, 0.25) is 0 Å². The summed E-state index contributed by atoms with van der Waals surface area (Å²) in [7, 11) is -3.89. The van der Waals surface area contributed by atoms with Gasteiger partial charge in [0.1, 0.15) is 6.04 Å². The van der Waals surface area contributed by atoms with Gasteiger partial charge in [-0.25, -0.2) is 8.42 Å². The Morgan fingerprint density at radius 1 is 1.09 bits per heavy atom. The molecule has 1 heterocycles. The maximum atomic E-state index is 13.0. The average Bonchev–Trinajstić information content (AvgIpc) is 3.27. The minimum absolute atomic E-state index is 0.113. The number of aryl methyl sites for hydroxylation is 1. The van der Waals surface area contributed by atoms with Crippen LogP contribution >= 0.6 is 0 Å². The molecule has 1 N–H and O–H groups in total. The largest absolute Gasteiger partial charge is 0.465 e. The van der Waals surface area contributed by atoms with Crippen molar-refractivity contribution in [1.29, 1.82) is 0 Å². The molecule has 0 aliphatic carbocycles. The number of ether oxygens (including phenoxy) is 2. The van der Waals surface area contributed by atoms with Crippen LogP contribution in [0.5, 0.6) is 0 Å². The second-order valence-electron chi connectivity index (χ2n) is 8.09. The van der Waals surface area contributed by atoms with E-state index in [1.54, 1.807) is 19.1 Å². The lowest BCUT2D eigenvalue weighted by Crippen LogP contribution is -2.47. The van der Waals surface area contributed by atoms with Crippen molar-refractivity contribution in [2.45, 2.75) is 37.3 Å². The molecule has 4 rings (SSSR count). The Morgan fingerprint density at radius 3 is 2.53 bits per heavy atom. The third-order valence-electron chi connectivity index (χ3n) is 5.80. The van der Waals surface area contributed by atoms with E-state index in [1.165, 1.54) is 12.1 Å². The fourth-order valence-corrected chi connectivity index (χ4v) is 5.30. The molecule has 0 saturated carbocycles. The number of fused-ring (bicyclic) bond motifs is 1. The fraction of sp³-hybridized carbons (Fsp3) is 0.320. The van der Waals surface area contributed by atoms with Gasteiger partial charge in [-0.3, -0.25) is 4.79 Å². The first-order valence-corrected chi connectivity index (χ1v) is 12.2. The van der Waals surface area contributed by atoms with Gasteiger partial charge in [0.25, 0.3) is 0 Å². The van der Waals surface area contributed by atoms with Crippen LogP contribution in [0.4, 0.5) is 0 Å². The van der Waals surface area contributed by atoms with E-state index < -0.39 is 22.0 Å². The zero-order valence-corrected chi connectivity index (χ0v) is 19.0. The predicted molar refractivity (Wildman–Crippen MR) is 123 cm³/mol. The van der Waals surface area contributed by atoms with Gasteiger partial charge in [0, 0.05) is 5.92 Å². The van der Waals surface area contributed by atoms with Gasteiger partial charge in [-0.1, -0.05) is 54.1 Å². The summed E-state index contributed by atoms with van der Waals surface area (Å²) in [5, 5.41) is 2.25. The number of esters is 1. The topological polar surface area (TPSA) is 81.7 Å². The molecule has 3 atom stereocenters. The molecule has 0 radical (unpaired) electrons. The Bertz CT molecular complexity index is 1210. The Balaban J connectivity index is 1.55. The highest BCUT2D eigenvalue weighted by Gasteiger charge is 2.39. The lowest BCUT2D eigenvalue weighted by atomic mass is 9.94. The van der Waals surface area contributed by atoms with Gasteiger partial charge < -0.3 is 9.47 Å². The average molecular weight is 454 g/mol. The molecule has 6 nitrogen and oxygen atoms in total. The molecule has 1 aliphatic rings. The summed E-state index contributed by atoms with van der Waals surface area (Å²) < 4.78 is 39.7. The number of benzene rings is 3. The van der Waals surface area contributed by atoms with Gasteiger partial charge in [0.2, 0.25) is 10.0 Å². The number of hydrogen-bond acceptors (Lipinski definition) is 5. The van der Waals surface area contributed by atoms with E-state index in [2.05, 4.69) is 10.8 Å². The van der Waals surface area contributed by atoms with Crippen molar-refractivity contribution in [2.24, 2.45) is 5.92 Å². The van der Waals surface area contributed by atoms with Crippen molar-refractivity contribution in [2.75, 3.05) is 13.2 Å². The van der Waals surface area contributed by atoms with Crippen LogP contribution in [-0.4, -0.2) is 33.6 Å². The van der Waals surface area contributed by atoms with Gasteiger partial charge in [-0.2, -0.15) is 4.72 Å². The highest BCUT2D eigenvalue weighted by Crippen LogP contribution is 2.36. The molecule has 3 aromatic rings. The van der Waals surface area contributed by atoms with Gasteiger partial charge in [0.15, 0.2) is 0 Å². The van der Waals surface area contributed by atoms with E-state index >= 15 is 0 Å². The number of carbonyl (C=O) groups excluding carboxylic acids is 1. The Hall–Kier alpha value is -2.74. The molecule has 1 saturated heterocycles. The smallest absolute Gasteiger partial charge is 0.324 e. The predicted octanol–water partition coefficient (Wildman–Crippen LogP) is 4.14. The molecule has 0 unspecified atom stereocenters. The monoisotopic (exact) mass is 453 g/mol. The number of carbonyl (C=O) groups is 1. The summed E-state index contributed by atoms with van der Waals surface area (Å²) in [4.78, 5) is 12.8. The lowest BCUT2D eigenvalue weighted by molar-refractivity contribution is -0.146. The second kappa shape index (κ2) is 9.40. The molecule has 7 heteroatoms. The molecule has 3 aromatic carbocycles. The van der Waals surface area contributed by atoms with E-state index in [4.69, 9.17) is 9.47 Å². The number of sulfonamides is 1. The van der Waals surface area contributed by atoms with Crippen LogP contribution in [0.3, 0.4) is 0 Å². The van der Waals surface area contributed by atoms with Gasteiger partial charge in [-0.15, -0.1) is 0 Å². The molecular formula is C25H27NO5S. The molecule has 0 bridgehead atoms. The molecule has 168 valence electrons. The van der Waals surface area contributed by atoms with Crippen LogP contribution < -0.4 is 4.72 Å². The van der Waals surface area contributed by atoms with Gasteiger partial charge >= 0.3 is 5.97 Å². The molecular weight excluding hydrogens is 426 g/mol. The summed E-state index contributed by atoms with van der Waals surface area (Å²) >= 11 is 0. The third kappa shape index (κ3) is 4.85. The van der Waals surface area contributed by atoms with E-state index in [1.807, 2.05) is 43.3 Å². The van der Waals surface area contributed by atoms with Crippen molar-refractivity contribution < 1.29 is 22.7 Å². The minimum atomic E-state index is -3.89. The third-order valence-corrected chi connectivity index (χ3v) is 7.26. The first-order valence-electron chi connectivity index (χ1n) is 10.7. The van der Waals surface area contributed by atoms with Crippen LogP contribution in [0.25, 0.3) is 10.8 Å². The Morgan fingerprint density at radius 2 is 1.81 bits per heavy atom.